The molecule has 0 radical (unpaired) electrons. The highest BCUT2D eigenvalue weighted by atomic mass is 35.5. The van der Waals surface area contributed by atoms with Gasteiger partial charge in [0.1, 0.15) is 5.75 Å². The summed E-state index contributed by atoms with van der Waals surface area (Å²) < 4.78 is 45.1. The molecule has 0 saturated carbocycles. The molecule has 0 aliphatic carbocycles. The maximum Gasteiger partial charge on any atom is 0.573 e. The van der Waals surface area contributed by atoms with Crippen LogP contribution in [0.2, 0.25) is 5.02 Å². The third-order valence-electron chi connectivity index (χ3n) is 1.75. The zero-order valence-corrected chi connectivity index (χ0v) is 10.1. The fourth-order valence-electron chi connectivity index (χ4n) is 1.16. The lowest BCUT2D eigenvalue weighted by Crippen LogP contribution is -2.17. The summed E-state index contributed by atoms with van der Waals surface area (Å²) in [5.41, 5.74) is 0.533. The van der Waals surface area contributed by atoms with Gasteiger partial charge in [-0.3, -0.25) is 0 Å². The first-order valence-corrected chi connectivity index (χ1v) is 5.31. The number of benzene rings is 1. The van der Waals surface area contributed by atoms with Crippen LogP contribution < -0.4 is 4.74 Å². The Hall–Kier alpha value is -0.940. The van der Waals surface area contributed by atoms with Gasteiger partial charge in [0, 0.05) is 5.02 Å². The van der Waals surface area contributed by atoms with Crippen molar-refractivity contribution >= 4 is 11.6 Å². The molecule has 1 aromatic rings. The number of ether oxygens (including phenoxy) is 2. The lowest BCUT2D eigenvalue weighted by atomic mass is 10.2. The Kier molecular flexibility index (Phi) is 4.65. The molecular formula is C11H12ClF3O2. The summed E-state index contributed by atoms with van der Waals surface area (Å²) in [5, 5.41) is 0.175. The van der Waals surface area contributed by atoms with Gasteiger partial charge in [-0.05, 0) is 37.6 Å². The van der Waals surface area contributed by atoms with Crippen LogP contribution in [0.4, 0.5) is 13.2 Å². The highest BCUT2D eigenvalue weighted by Gasteiger charge is 2.31. The van der Waals surface area contributed by atoms with Crippen molar-refractivity contribution in [1.82, 2.24) is 0 Å². The number of hydrogen-bond acceptors (Lipinski definition) is 2. The van der Waals surface area contributed by atoms with Crippen LogP contribution in [-0.2, 0) is 11.3 Å². The molecule has 1 aromatic carbocycles. The van der Waals surface area contributed by atoms with Gasteiger partial charge in [0.05, 0.1) is 12.7 Å². The van der Waals surface area contributed by atoms with Crippen molar-refractivity contribution in [2.75, 3.05) is 0 Å². The molecule has 96 valence electrons. The fraction of sp³-hybridized carbons (Fsp3) is 0.455. The quantitative estimate of drug-likeness (QED) is 0.816. The average molecular weight is 269 g/mol. The number of alkyl halides is 3. The molecule has 6 heteroatoms. The molecular weight excluding hydrogens is 257 g/mol. The maximum absolute atomic E-state index is 12.0. The highest BCUT2D eigenvalue weighted by molar-refractivity contribution is 6.30. The van der Waals surface area contributed by atoms with Crippen LogP contribution in [0.15, 0.2) is 18.2 Å². The van der Waals surface area contributed by atoms with E-state index in [1.807, 2.05) is 13.8 Å². The molecule has 0 unspecified atom stereocenters. The Morgan fingerprint density at radius 1 is 1.24 bits per heavy atom. The van der Waals surface area contributed by atoms with E-state index in [0.29, 0.717) is 5.56 Å². The van der Waals surface area contributed by atoms with Crippen molar-refractivity contribution < 1.29 is 22.6 Å². The van der Waals surface area contributed by atoms with E-state index < -0.39 is 6.36 Å². The maximum atomic E-state index is 12.0. The van der Waals surface area contributed by atoms with Crippen molar-refractivity contribution in [3.05, 3.63) is 28.8 Å². The van der Waals surface area contributed by atoms with E-state index in [-0.39, 0.29) is 23.5 Å². The monoisotopic (exact) mass is 268 g/mol. The van der Waals surface area contributed by atoms with Crippen molar-refractivity contribution in [3.63, 3.8) is 0 Å². The number of halogens is 4. The lowest BCUT2D eigenvalue weighted by Gasteiger charge is -2.12. The zero-order valence-electron chi connectivity index (χ0n) is 9.34. The van der Waals surface area contributed by atoms with E-state index in [1.54, 1.807) is 0 Å². The molecule has 0 aromatic heterocycles. The van der Waals surface area contributed by atoms with Gasteiger partial charge in [0.2, 0.25) is 0 Å². The minimum atomic E-state index is -4.72. The number of rotatable bonds is 4. The van der Waals surface area contributed by atoms with E-state index in [9.17, 15) is 13.2 Å². The molecule has 0 heterocycles. The summed E-state index contributed by atoms with van der Waals surface area (Å²) in [5.74, 6) is -0.340. The Labute approximate surface area is 102 Å². The standard InChI is InChI=1S/C11H12ClF3O2/c1-7(2)16-6-8-3-9(12)5-10(4-8)17-11(13,14)15/h3-5,7H,6H2,1-2H3. The largest absolute Gasteiger partial charge is 0.573 e. The molecule has 0 amide bonds. The van der Waals surface area contributed by atoms with Crippen molar-refractivity contribution in [2.24, 2.45) is 0 Å². The Morgan fingerprint density at radius 2 is 1.88 bits per heavy atom. The summed E-state index contributed by atoms with van der Waals surface area (Å²) in [6.45, 7) is 3.85. The number of hydrogen-bond donors (Lipinski definition) is 0. The molecule has 0 aliphatic heterocycles. The van der Waals surface area contributed by atoms with Crippen LogP contribution in [0, 0.1) is 0 Å². The van der Waals surface area contributed by atoms with Crippen molar-refractivity contribution in [1.29, 1.82) is 0 Å². The van der Waals surface area contributed by atoms with Gasteiger partial charge in [-0.25, -0.2) is 0 Å². The second-order valence-corrected chi connectivity index (χ2v) is 4.14. The van der Waals surface area contributed by atoms with Crippen molar-refractivity contribution in [2.45, 2.75) is 32.9 Å². The topological polar surface area (TPSA) is 18.5 Å². The van der Waals surface area contributed by atoms with Gasteiger partial charge in [-0.2, -0.15) is 0 Å². The van der Waals surface area contributed by atoms with E-state index in [2.05, 4.69) is 4.74 Å². The minimum Gasteiger partial charge on any atom is -0.406 e. The Balaban J connectivity index is 2.79. The molecule has 1 rings (SSSR count). The SMILES string of the molecule is CC(C)OCc1cc(Cl)cc(OC(F)(F)F)c1. The Bertz CT molecular complexity index is 377. The zero-order chi connectivity index (χ0) is 13.1. The molecule has 0 fully saturated rings. The summed E-state index contributed by atoms with van der Waals surface area (Å²) in [6.07, 6.45) is -4.73. The second kappa shape index (κ2) is 5.60. The van der Waals surface area contributed by atoms with Gasteiger partial charge in [-0.1, -0.05) is 11.6 Å². The first-order valence-electron chi connectivity index (χ1n) is 4.93. The van der Waals surface area contributed by atoms with Gasteiger partial charge in [0.15, 0.2) is 0 Å². The van der Waals surface area contributed by atoms with E-state index in [4.69, 9.17) is 16.3 Å². The fourth-order valence-corrected chi connectivity index (χ4v) is 1.41. The first-order chi connectivity index (χ1) is 7.76. The highest BCUT2D eigenvalue weighted by Crippen LogP contribution is 2.27. The summed E-state index contributed by atoms with van der Waals surface area (Å²) in [4.78, 5) is 0. The molecule has 0 atom stereocenters. The molecule has 2 nitrogen and oxygen atoms in total. The molecule has 17 heavy (non-hydrogen) atoms. The van der Waals surface area contributed by atoms with E-state index in [0.717, 1.165) is 6.07 Å². The third kappa shape index (κ3) is 5.79. The van der Waals surface area contributed by atoms with Gasteiger partial charge in [-0.15, -0.1) is 13.2 Å². The van der Waals surface area contributed by atoms with Gasteiger partial charge < -0.3 is 9.47 Å². The van der Waals surface area contributed by atoms with Crippen LogP contribution in [-0.4, -0.2) is 12.5 Å². The van der Waals surface area contributed by atoms with Crippen LogP contribution in [0.1, 0.15) is 19.4 Å². The first kappa shape index (κ1) is 14.1. The van der Waals surface area contributed by atoms with E-state index >= 15 is 0 Å². The van der Waals surface area contributed by atoms with Gasteiger partial charge >= 0.3 is 6.36 Å². The van der Waals surface area contributed by atoms with Crippen LogP contribution >= 0.6 is 11.6 Å². The minimum absolute atomic E-state index is 0.0130. The van der Waals surface area contributed by atoms with E-state index in [1.165, 1.54) is 12.1 Å². The summed E-state index contributed by atoms with van der Waals surface area (Å²) >= 11 is 5.69. The predicted octanol–water partition coefficient (Wildman–Crippen LogP) is 4.16. The van der Waals surface area contributed by atoms with Crippen LogP contribution in [0.5, 0.6) is 5.75 Å². The molecule has 0 bridgehead atoms. The summed E-state index contributed by atoms with van der Waals surface area (Å²) in [7, 11) is 0. The molecule has 0 spiro atoms. The van der Waals surface area contributed by atoms with Gasteiger partial charge in [0.25, 0.3) is 0 Å². The predicted molar refractivity (Wildman–Crippen MR) is 58.1 cm³/mol. The Morgan fingerprint density at radius 3 is 2.41 bits per heavy atom. The third-order valence-corrected chi connectivity index (χ3v) is 1.97. The molecule has 0 aliphatic rings. The van der Waals surface area contributed by atoms with Crippen LogP contribution in [0.25, 0.3) is 0 Å². The normalized spacial score (nSPS) is 11.9. The van der Waals surface area contributed by atoms with Crippen molar-refractivity contribution in [3.8, 4) is 5.75 Å². The molecule has 0 N–H and O–H groups in total. The summed E-state index contributed by atoms with van der Waals surface area (Å²) in [6, 6.07) is 3.89. The smallest absolute Gasteiger partial charge is 0.406 e. The second-order valence-electron chi connectivity index (χ2n) is 3.70. The molecule has 0 saturated heterocycles. The van der Waals surface area contributed by atoms with Crippen LogP contribution in [0.3, 0.4) is 0 Å². The average Bonchev–Trinajstić information content (AvgIpc) is 2.10. The lowest BCUT2D eigenvalue weighted by molar-refractivity contribution is -0.274.